The monoisotopic (exact) mass is 208 g/mol. The van der Waals surface area contributed by atoms with Crippen molar-refractivity contribution in [2.45, 2.75) is 32.6 Å². The van der Waals surface area contributed by atoms with Crippen molar-refractivity contribution in [3.8, 4) is 0 Å². The fraction of sp³-hybridized carbons (Fsp3) is 0.417. The van der Waals surface area contributed by atoms with Gasteiger partial charge >= 0.3 is 0 Å². The van der Waals surface area contributed by atoms with Crippen molar-refractivity contribution in [1.82, 2.24) is 0 Å². The molecule has 0 heterocycles. The van der Waals surface area contributed by atoms with E-state index < -0.39 is 0 Å². The van der Waals surface area contributed by atoms with Crippen LogP contribution < -0.4 is 0 Å². The molecule has 1 aromatic carbocycles. The standard InChI is InChI=1S/C12H13ClO/c1-8-6-10-9(7-11(8)13)4-2-3-5-12(10)14/h6-7H,2-5H2,1H3. The van der Waals surface area contributed by atoms with Crippen molar-refractivity contribution >= 4 is 17.4 Å². The molecule has 0 saturated heterocycles. The molecule has 1 nitrogen and oxygen atoms in total. The SMILES string of the molecule is Cc1cc2c(cc1Cl)CCCCC2=O. The number of carbonyl (C=O) groups excluding carboxylic acids is 1. The average molecular weight is 209 g/mol. The normalized spacial score (nSPS) is 16.3. The molecule has 0 aromatic heterocycles. The largest absolute Gasteiger partial charge is 0.294 e. The van der Waals surface area contributed by atoms with Gasteiger partial charge in [0.1, 0.15) is 0 Å². The fourth-order valence-corrected chi connectivity index (χ4v) is 2.11. The zero-order valence-corrected chi connectivity index (χ0v) is 9.03. The Balaban J connectivity index is 2.54. The second-order valence-electron chi connectivity index (χ2n) is 3.89. The third-order valence-corrected chi connectivity index (χ3v) is 3.19. The first-order chi connectivity index (χ1) is 6.68. The summed E-state index contributed by atoms with van der Waals surface area (Å²) in [5.41, 5.74) is 3.02. The van der Waals surface area contributed by atoms with Crippen LogP contribution in [0, 0.1) is 6.92 Å². The van der Waals surface area contributed by atoms with Gasteiger partial charge in [0.25, 0.3) is 0 Å². The Morgan fingerprint density at radius 2 is 1.93 bits per heavy atom. The van der Waals surface area contributed by atoms with Crippen LogP contribution in [0.5, 0.6) is 0 Å². The molecule has 0 N–H and O–H groups in total. The number of hydrogen-bond donors (Lipinski definition) is 0. The molecule has 74 valence electrons. The van der Waals surface area contributed by atoms with Crippen LogP contribution >= 0.6 is 11.6 Å². The van der Waals surface area contributed by atoms with E-state index in [1.807, 2.05) is 19.1 Å². The average Bonchev–Trinajstić information content (AvgIpc) is 2.31. The van der Waals surface area contributed by atoms with Crippen LogP contribution in [0.1, 0.15) is 40.7 Å². The highest BCUT2D eigenvalue weighted by molar-refractivity contribution is 6.31. The third kappa shape index (κ3) is 1.69. The van der Waals surface area contributed by atoms with E-state index in [1.165, 1.54) is 0 Å². The van der Waals surface area contributed by atoms with E-state index in [2.05, 4.69) is 0 Å². The van der Waals surface area contributed by atoms with Gasteiger partial charge in [-0.2, -0.15) is 0 Å². The summed E-state index contributed by atoms with van der Waals surface area (Å²) in [5, 5.41) is 0.776. The van der Waals surface area contributed by atoms with E-state index in [4.69, 9.17) is 11.6 Å². The Kier molecular flexibility index (Phi) is 2.60. The molecule has 0 saturated carbocycles. The first kappa shape index (κ1) is 9.72. The number of hydrogen-bond acceptors (Lipinski definition) is 1. The van der Waals surface area contributed by atoms with Crippen LogP contribution in [0.2, 0.25) is 5.02 Å². The number of aryl methyl sites for hydroxylation is 2. The lowest BCUT2D eigenvalue weighted by Gasteiger charge is -2.07. The number of rotatable bonds is 0. The van der Waals surface area contributed by atoms with Gasteiger partial charge in [-0.3, -0.25) is 4.79 Å². The zero-order chi connectivity index (χ0) is 10.1. The summed E-state index contributed by atoms with van der Waals surface area (Å²) in [5.74, 6) is 0.275. The quantitative estimate of drug-likeness (QED) is 0.596. The van der Waals surface area contributed by atoms with Gasteiger partial charge < -0.3 is 0 Å². The van der Waals surface area contributed by atoms with Gasteiger partial charge in [-0.15, -0.1) is 0 Å². The summed E-state index contributed by atoms with van der Waals surface area (Å²) in [6, 6.07) is 3.89. The lowest BCUT2D eigenvalue weighted by Crippen LogP contribution is -2.00. The summed E-state index contributed by atoms with van der Waals surface area (Å²) < 4.78 is 0. The highest BCUT2D eigenvalue weighted by Gasteiger charge is 2.16. The Morgan fingerprint density at radius 1 is 1.21 bits per heavy atom. The molecule has 0 aliphatic heterocycles. The molecule has 1 aliphatic rings. The molecular weight excluding hydrogens is 196 g/mol. The summed E-state index contributed by atoms with van der Waals surface area (Å²) in [4.78, 5) is 11.7. The van der Waals surface area contributed by atoms with Gasteiger partial charge in [0.15, 0.2) is 5.78 Å². The molecule has 2 heteroatoms. The Labute approximate surface area is 89.1 Å². The van der Waals surface area contributed by atoms with Crippen molar-refractivity contribution in [2.24, 2.45) is 0 Å². The molecular formula is C12H13ClO. The number of fused-ring (bicyclic) bond motifs is 1. The summed E-state index contributed by atoms with van der Waals surface area (Å²) in [6.07, 6.45) is 3.78. The van der Waals surface area contributed by atoms with Crippen LogP contribution in [-0.2, 0) is 6.42 Å². The van der Waals surface area contributed by atoms with Crippen LogP contribution in [0.4, 0.5) is 0 Å². The number of carbonyl (C=O) groups is 1. The van der Waals surface area contributed by atoms with Gasteiger partial charge in [-0.25, -0.2) is 0 Å². The van der Waals surface area contributed by atoms with Gasteiger partial charge in [-0.1, -0.05) is 11.6 Å². The molecule has 0 amide bonds. The second-order valence-corrected chi connectivity index (χ2v) is 4.30. The number of benzene rings is 1. The molecule has 0 radical (unpaired) electrons. The molecule has 0 bridgehead atoms. The molecule has 0 fully saturated rings. The maximum atomic E-state index is 11.7. The first-order valence-electron chi connectivity index (χ1n) is 5.00. The third-order valence-electron chi connectivity index (χ3n) is 2.78. The van der Waals surface area contributed by atoms with Crippen molar-refractivity contribution in [3.63, 3.8) is 0 Å². The van der Waals surface area contributed by atoms with E-state index in [1.54, 1.807) is 0 Å². The zero-order valence-electron chi connectivity index (χ0n) is 8.27. The predicted octanol–water partition coefficient (Wildman–Crippen LogP) is 3.56. The van der Waals surface area contributed by atoms with E-state index in [9.17, 15) is 4.79 Å². The Morgan fingerprint density at radius 3 is 2.71 bits per heavy atom. The van der Waals surface area contributed by atoms with E-state index >= 15 is 0 Å². The number of ketones is 1. The molecule has 1 aliphatic carbocycles. The predicted molar refractivity (Wildman–Crippen MR) is 58.1 cm³/mol. The fourth-order valence-electron chi connectivity index (χ4n) is 1.92. The van der Waals surface area contributed by atoms with Gasteiger partial charge in [-0.05, 0) is 49.4 Å². The second kappa shape index (κ2) is 3.74. The molecule has 0 atom stereocenters. The maximum absolute atomic E-state index is 11.7. The lowest BCUT2D eigenvalue weighted by atomic mass is 10.00. The van der Waals surface area contributed by atoms with Gasteiger partial charge in [0.05, 0.1) is 0 Å². The molecule has 0 spiro atoms. The summed E-state index contributed by atoms with van der Waals surface area (Å²) in [6.45, 7) is 1.95. The minimum Gasteiger partial charge on any atom is -0.294 e. The molecule has 14 heavy (non-hydrogen) atoms. The highest BCUT2D eigenvalue weighted by Crippen LogP contribution is 2.26. The van der Waals surface area contributed by atoms with E-state index in [-0.39, 0.29) is 5.78 Å². The summed E-state index contributed by atoms with van der Waals surface area (Å²) >= 11 is 6.04. The first-order valence-corrected chi connectivity index (χ1v) is 5.38. The van der Waals surface area contributed by atoms with E-state index in [0.29, 0.717) is 6.42 Å². The van der Waals surface area contributed by atoms with Crippen LogP contribution in [0.25, 0.3) is 0 Å². The van der Waals surface area contributed by atoms with Crippen LogP contribution in [0.3, 0.4) is 0 Å². The highest BCUT2D eigenvalue weighted by atomic mass is 35.5. The van der Waals surface area contributed by atoms with Gasteiger partial charge in [0, 0.05) is 17.0 Å². The van der Waals surface area contributed by atoms with Crippen molar-refractivity contribution in [2.75, 3.05) is 0 Å². The Bertz CT molecular complexity index is 382. The number of halogens is 1. The Hall–Kier alpha value is -0.820. The topological polar surface area (TPSA) is 17.1 Å². The van der Waals surface area contributed by atoms with Gasteiger partial charge in [0.2, 0.25) is 0 Å². The van der Waals surface area contributed by atoms with Crippen molar-refractivity contribution in [3.05, 3.63) is 33.8 Å². The summed E-state index contributed by atoms with van der Waals surface area (Å²) in [7, 11) is 0. The van der Waals surface area contributed by atoms with E-state index in [0.717, 1.165) is 41.0 Å². The van der Waals surface area contributed by atoms with Crippen molar-refractivity contribution in [1.29, 1.82) is 0 Å². The smallest absolute Gasteiger partial charge is 0.163 e. The van der Waals surface area contributed by atoms with Crippen LogP contribution in [-0.4, -0.2) is 5.78 Å². The van der Waals surface area contributed by atoms with Crippen molar-refractivity contribution < 1.29 is 4.79 Å². The molecule has 2 rings (SSSR count). The minimum absolute atomic E-state index is 0.275. The van der Waals surface area contributed by atoms with Crippen LogP contribution in [0.15, 0.2) is 12.1 Å². The maximum Gasteiger partial charge on any atom is 0.163 e. The minimum atomic E-state index is 0.275. The molecule has 0 unspecified atom stereocenters. The molecule has 1 aromatic rings. The lowest BCUT2D eigenvalue weighted by molar-refractivity contribution is 0.0982. The number of Topliss-reactive ketones (excluding diaryl/α,β-unsaturated/α-hetero) is 1.